The summed E-state index contributed by atoms with van der Waals surface area (Å²) in [4.78, 5) is 0. The quantitative estimate of drug-likeness (QED) is 0.618. The molecular weight excluding hydrogens is 295 g/mol. The van der Waals surface area contributed by atoms with Gasteiger partial charge in [-0.05, 0) is 0 Å². The molecule has 1 aromatic rings. The van der Waals surface area contributed by atoms with Crippen LogP contribution < -0.4 is 14.2 Å². The number of methoxy groups -OCH3 is 2. The molecule has 0 aliphatic rings. The van der Waals surface area contributed by atoms with Crippen LogP contribution in [0.5, 0.6) is 17.2 Å². The van der Waals surface area contributed by atoms with E-state index in [0.717, 1.165) is 21.7 Å². The highest BCUT2D eigenvalue weighted by molar-refractivity contribution is 14.1. The summed E-state index contributed by atoms with van der Waals surface area (Å²) in [7, 11) is 3.24. The van der Waals surface area contributed by atoms with Gasteiger partial charge in [0, 0.05) is 22.6 Å². The lowest BCUT2D eigenvalue weighted by atomic mass is 10.3. The molecule has 0 fully saturated rings. The van der Waals surface area contributed by atoms with Gasteiger partial charge in [0.25, 0.3) is 0 Å². The summed E-state index contributed by atoms with van der Waals surface area (Å²) < 4.78 is 16.7. The largest absolute Gasteiger partial charge is 0.496 e. The summed E-state index contributed by atoms with van der Waals surface area (Å²) >= 11 is 2.26. The summed E-state index contributed by atoms with van der Waals surface area (Å²) in [5.74, 6) is 2.26. The Balaban J connectivity index is 2.81. The van der Waals surface area contributed by atoms with Gasteiger partial charge >= 0.3 is 0 Å². The first-order chi connectivity index (χ1) is 6.80. The third kappa shape index (κ3) is 3.25. The standard InChI is InChI=1S/C10H13IO3/c1-12-8-5-9(13-2)7-10(6-8)14-4-3-11/h5-7H,3-4H2,1-2H3. The van der Waals surface area contributed by atoms with Gasteiger partial charge in [-0.25, -0.2) is 0 Å². The van der Waals surface area contributed by atoms with Crippen molar-refractivity contribution in [2.24, 2.45) is 0 Å². The highest BCUT2D eigenvalue weighted by Gasteiger charge is 2.01. The second-order valence-corrected chi connectivity index (χ2v) is 3.66. The van der Waals surface area contributed by atoms with E-state index in [1.165, 1.54) is 0 Å². The van der Waals surface area contributed by atoms with Crippen LogP contribution in [0, 0.1) is 0 Å². The Labute approximate surface area is 97.5 Å². The number of ether oxygens (including phenoxy) is 3. The topological polar surface area (TPSA) is 27.7 Å². The first-order valence-electron chi connectivity index (χ1n) is 4.22. The van der Waals surface area contributed by atoms with E-state index >= 15 is 0 Å². The minimum absolute atomic E-state index is 0.691. The molecule has 14 heavy (non-hydrogen) atoms. The summed E-state index contributed by atoms with van der Waals surface area (Å²) in [6.07, 6.45) is 0. The zero-order valence-corrected chi connectivity index (χ0v) is 10.4. The van der Waals surface area contributed by atoms with Gasteiger partial charge in [-0.2, -0.15) is 0 Å². The fraction of sp³-hybridized carbons (Fsp3) is 0.400. The summed E-state index contributed by atoms with van der Waals surface area (Å²) in [6, 6.07) is 5.50. The molecule has 0 saturated heterocycles. The Kier molecular flexibility index (Phi) is 4.86. The normalized spacial score (nSPS) is 9.64. The predicted molar refractivity (Wildman–Crippen MR) is 63.9 cm³/mol. The first-order valence-corrected chi connectivity index (χ1v) is 5.74. The number of hydrogen-bond donors (Lipinski definition) is 0. The van der Waals surface area contributed by atoms with Crippen molar-refractivity contribution >= 4 is 22.6 Å². The SMILES string of the molecule is COc1cc(OC)cc(OCCI)c1. The van der Waals surface area contributed by atoms with Crippen molar-refractivity contribution in [2.75, 3.05) is 25.3 Å². The van der Waals surface area contributed by atoms with Gasteiger partial charge in [-0.3, -0.25) is 0 Å². The molecule has 0 heterocycles. The zero-order valence-electron chi connectivity index (χ0n) is 8.25. The molecule has 0 N–H and O–H groups in total. The van der Waals surface area contributed by atoms with Crippen molar-refractivity contribution in [1.29, 1.82) is 0 Å². The molecule has 3 nitrogen and oxygen atoms in total. The van der Waals surface area contributed by atoms with E-state index in [0.29, 0.717) is 6.61 Å². The molecule has 0 aromatic heterocycles. The highest BCUT2D eigenvalue weighted by atomic mass is 127. The summed E-state index contributed by atoms with van der Waals surface area (Å²) in [5, 5.41) is 0. The third-order valence-corrected chi connectivity index (χ3v) is 2.11. The van der Waals surface area contributed by atoms with Crippen LogP contribution in [0.15, 0.2) is 18.2 Å². The van der Waals surface area contributed by atoms with E-state index in [2.05, 4.69) is 22.6 Å². The molecule has 0 amide bonds. The molecule has 0 atom stereocenters. The highest BCUT2D eigenvalue weighted by Crippen LogP contribution is 2.27. The Bertz CT molecular complexity index is 266. The summed E-state index contributed by atoms with van der Waals surface area (Å²) in [6.45, 7) is 0.691. The lowest BCUT2D eigenvalue weighted by molar-refractivity contribution is 0.336. The summed E-state index contributed by atoms with van der Waals surface area (Å²) in [5.41, 5.74) is 0. The number of benzene rings is 1. The lowest BCUT2D eigenvalue weighted by Crippen LogP contribution is -1.98. The lowest BCUT2D eigenvalue weighted by Gasteiger charge is -2.08. The van der Waals surface area contributed by atoms with Gasteiger partial charge in [-0.15, -0.1) is 0 Å². The fourth-order valence-electron chi connectivity index (χ4n) is 1.02. The molecule has 0 aliphatic carbocycles. The average Bonchev–Trinajstić information content (AvgIpc) is 2.25. The maximum Gasteiger partial charge on any atom is 0.126 e. The zero-order chi connectivity index (χ0) is 10.4. The van der Waals surface area contributed by atoms with E-state index in [-0.39, 0.29) is 0 Å². The Morgan fingerprint density at radius 2 is 1.50 bits per heavy atom. The van der Waals surface area contributed by atoms with Crippen LogP contribution in [0.4, 0.5) is 0 Å². The minimum Gasteiger partial charge on any atom is -0.496 e. The van der Waals surface area contributed by atoms with E-state index in [9.17, 15) is 0 Å². The van der Waals surface area contributed by atoms with E-state index in [1.807, 2.05) is 18.2 Å². The molecule has 0 aliphatic heterocycles. The molecule has 0 spiro atoms. The van der Waals surface area contributed by atoms with Crippen molar-refractivity contribution in [3.63, 3.8) is 0 Å². The average molecular weight is 308 g/mol. The smallest absolute Gasteiger partial charge is 0.126 e. The van der Waals surface area contributed by atoms with Gasteiger partial charge < -0.3 is 14.2 Å². The number of alkyl halides is 1. The fourth-order valence-corrected chi connectivity index (χ4v) is 1.24. The first kappa shape index (κ1) is 11.4. The second kappa shape index (κ2) is 5.95. The molecule has 0 saturated carbocycles. The molecule has 0 bridgehead atoms. The van der Waals surface area contributed by atoms with E-state index in [4.69, 9.17) is 14.2 Å². The molecular formula is C10H13IO3. The van der Waals surface area contributed by atoms with Crippen LogP contribution in [-0.4, -0.2) is 25.3 Å². The van der Waals surface area contributed by atoms with Gasteiger partial charge in [0.1, 0.15) is 17.2 Å². The Hall–Kier alpha value is -0.650. The van der Waals surface area contributed by atoms with Crippen molar-refractivity contribution in [3.05, 3.63) is 18.2 Å². The van der Waals surface area contributed by atoms with Crippen molar-refractivity contribution in [3.8, 4) is 17.2 Å². The molecule has 0 radical (unpaired) electrons. The van der Waals surface area contributed by atoms with Gasteiger partial charge in [0.05, 0.1) is 20.8 Å². The van der Waals surface area contributed by atoms with Gasteiger partial charge in [0.2, 0.25) is 0 Å². The van der Waals surface area contributed by atoms with Crippen LogP contribution in [0.2, 0.25) is 0 Å². The maximum absolute atomic E-state index is 5.47. The van der Waals surface area contributed by atoms with E-state index < -0.39 is 0 Å². The number of rotatable bonds is 5. The van der Waals surface area contributed by atoms with Crippen LogP contribution in [0.3, 0.4) is 0 Å². The molecule has 0 unspecified atom stereocenters. The number of hydrogen-bond acceptors (Lipinski definition) is 3. The van der Waals surface area contributed by atoms with Crippen molar-refractivity contribution in [2.45, 2.75) is 0 Å². The van der Waals surface area contributed by atoms with Gasteiger partial charge in [-0.1, -0.05) is 22.6 Å². The predicted octanol–water partition coefficient (Wildman–Crippen LogP) is 2.52. The van der Waals surface area contributed by atoms with Crippen molar-refractivity contribution < 1.29 is 14.2 Å². The Morgan fingerprint density at radius 1 is 1.00 bits per heavy atom. The molecule has 1 rings (SSSR count). The molecule has 1 aromatic carbocycles. The molecule has 4 heteroatoms. The maximum atomic E-state index is 5.47. The minimum atomic E-state index is 0.691. The van der Waals surface area contributed by atoms with E-state index in [1.54, 1.807) is 14.2 Å². The van der Waals surface area contributed by atoms with Crippen LogP contribution in [0.25, 0.3) is 0 Å². The van der Waals surface area contributed by atoms with Crippen LogP contribution >= 0.6 is 22.6 Å². The second-order valence-electron chi connectivity index (χ2n) is 2.59. The van der Waals surface area contributed by atoms with Crippen molar-refractivity contribution in [1.82, 2.24) is 0 Å². The Morgan fingerprint density at radius 3 is 1.93 bits per heavy atom. The van der Waals surface area contributed by atoms with Crippen LogP contribution in [-0.2, 0) is 0 Å². The van der Waals surface area contributed by atoms with Crippen LogP contribution in [0.1, 0.15) is 0 Å². The number of halogens is 1. The third-order valence-electron chi connectivity index (χ3n) is 1.67. The monoisotopic (exact) mass is 308 g/mol. The molecule has 78 valence electrons. The van der Waals surface area contributed by atoms with Gasteiger partial charge in [0.15, 0.2) is 0 Å².